The van der Waals surface area contributed by atoms with Crippen molar-refractivity contribution in [3.63, 3.8) is 0 Å². The van der Waals surface area contributed by atoms with Crippen molar-refractivity contribution in [1.82, 2.24) is 19.6 Å². The smallest absolute Gasteiger partial charge is 0.214 e. The van der Waals surface area contributed by atoms with Crippen molar-refractivity contribution < 1.29 is 10.2 Å². The predicted octanol–water partition coefficient (Wildman–Crippen LogP) is 7.72. The molecule has 0 aliphatic heterocycles. The molecule has 40 heavy (non-hydrogen) atoms. The van der Waals surface area contributed by atoms with Crippen LogP contribution < -0.4 is 0 Å². The highest BCUT2D eigenvalue weighted by molar-refractivity contribution is 5.62. The predicted molar refractivity (Wildman–Crippen MR) is 160 cm³/mol. The van der Waals surface area contributed by atoms with Gasteiger partial charge in [0.25, 0.3) is 0 Å². The number of benzene rings is 4. The van der Waals surface area contributed by atoms with Crippen LogP contribution in [0.3, 0.4) is 0 Å². The number of aromatic hydroxyl groups is 2. The molecular formula is C34H32N4O2. The van der Waals surface area contributed by atoms with Crippen molar-refractivity contribution in [2.75, 3.05) is 0 Å². The van der Waals surface area contributed by atoms with E-state index in [1.165, 1.54) is 11.1 Å². The molecule has 6 aromatic rings. The maximum absolute atomic E-state index is 10.1. The molecule has 0 radical (unpaired) electrons. The van der Waals surface area contributed by atoms with E-state index in [9.17, 15) is 10.2 Å². The second-order valence-electron chi connectivity index (χ2n) is 9.96. The lowest BCUT2D eigenvalue weighted by atomic mass is 10.1. The number of nitrogens with zero attached hydrogens (tertiary/aromatic N) is 4. The second kappa shape index (κ2) is 11.3. The summed E-state index contributed by atoms with van der Waals surface area (Å²) in [6.07, 6.45) is 0. The molecule has 0 bridgehead atoms. The molecular weight excluding hydrogens is 496 g/mol. The maximum atomic E-state index is 10.1. The molecule has 0 saturated heterocycles. The molecule has 0 saturated carbocycles. The van der Waals surface area contributed by atoms with Crippen molar-refractivity contribution in [2.45, 2.75) is 27.7 Å². The Hall–Kier alpha value is -5.10. The Labute approximate surface area is 234 Å². The first-order chi connectivity index (χ1) is 19.3. The first-order valence-corrected chi connectivity index (χ1v) is 13.1. The number of rotatable bonds is 4. The molecule has 6 heteroatoms. The Morgan fingerprint density at radius 2 is 1.02 bits per heavy atom. The van der Waals surface area contributed by atoms with Crippen LogP contribution in [0, 0.1) is 27.7 Å². The lowest BCUT2D eigenvalue weighted by Crippen LogP contribution is -1.98. The van der Waals surface area contributed by atoms with E-state index < -0.39 is 0 Å². The molecule has 4 aromatic carbocycles. The summed E-state index contributed by atoms with van der Waals surface area (Å²) in [5.74, 6) is 0.293. The fourth-order valence-corrected chi connectivity index (χ4v) is 4.40. The van der Waals surface area contributed by atoms with Gasteiger partial charge in [0.05, 0.1) is 22.8 Å². The molecule has 0 fully saturated rings. The molecule has 2 heterocycles. The van der Waals surface area contributed by atoms with Gasteiger partial charge in [-0.3, -0.25) is 0 Å². The van der Waals surface area contributed by atoms with Gasteiger partial charge in [0.15, 0.2) is 0 Å². The second-order valence-corrected chi connectivity index (χ2v) is 9.96. The monoisotopic (exact) mass is 528 g/mol. The number of hydrogen-bond donors (Lipinski definition) is 2. The van der Waals surface area contributed by atoms with Crippen molar-refractivity contribution in [3.05, 3.63) is 131 Å². The molecule has 0 aliphatic carbocycles. The van der Waals surface area contributed by atoms with Gasteiger partial charge in [-0.15, -0.1) is 0 Å². The van der Waals surface area contributed by atoms with Gasteiger partial charge in [-0.25, -0.2) is 9.36 Å². The van der Waals surface area contributed by atoms with Gasteiger partial charge in [-0.1, -0.05) is 90.0 Å². The van der Waals surface area contributed by atoms with E-state index >= 15 is 0 Å². The van der Waals surface area contributed by atoms with Gasteiger partial charge in [0.1, 0.15) is 0 Å². The maximum Gasteiger partial charge on any atom is 0.214 e. The van der Waals surface area contributed by atoms with Crippen LogP contribution in [0.4, 0.5) is 0 Å². The van der Waals surface area contributed by atoms with Crippen LogP contribution in [0.2, 0.25) is 0 Å². The normalized spacial score (nSPS) is 10.7. The molecule has 0 amide bonds. The van der Waals surface area contributed by atoms with Crippen LogP contribution >= 0.6 is 0 Å². The topological polar surface area (TPSA) is 76.1 Å². The van der Waals surface area contributed by atoms with E-state index in [4.69, 9.17) is 0 Å². The lowest BCUT2D eigenvalue weighted by Gasteiger charge is -2.06. The third-order valence-corrected chi connectivity index (χ3v) is 6.67. The van der Waals surface area contributed by atoms with Gasteiger partial charge in [0, 0.05) is 23.3 Å². The SMILES string of the molecule is Cc1ccc(-c2cc(O)n(-c3cccc(C)c3)n2)cc1.Cc1ccc(-c2cc(O)n(-c3ccccc3C)n2)cc1. The fourth-order valence-electron chi connectivity index (χ4n) is 4.40. The summed E-state index contributed by atoms with van der Waals surface area (Å²) in [4.78, 5) is 0. The van der Waals surface area contributed by atoms with Gasteiger partial charge >= 0.3 is 0 Å². The van der Waals surface area contributed by atoms with Crippen molar-refractivity contribution >= 4 is 0 Å². The van der Waals surface area contributed by atoms with Crippen molar-refractivity contribution in [1.29, 1.82) is 0 Å². The van der Waals surface area contributed by atoms with E-state index in [-0.39, 0.29) is 11.8 Å². The van der Waals surface area contributed by atoms with Crippen LogP contribution in [0.15, 0.2) is 109 Å². The van der Waals surface area contributed by atoms with Crippen LogP contribution in [-0.4, -0.2) is 29.8 Å². The zero-order chi connectivity index (χ0) is 28.2. The van der Waals surface area contributed by atoms with Crippen molar-refractivity contribution in [2.24, 2.45) is 0 Å². The third kappa shape index (κ3) is 5.81. The molecule has 2 aromatic heterocycles. The molecule has 6 rings (SSSR count). The van der Waals surface area contributed by atoms with Gasteiger partial charge in [-0.2, -0.15) is 10.2 Å². The van der Waals surface area contributed by atoms with Crippen LogP contribution in [-0.2, 0) is 0 Å². The van der Waals surface area contributed by atoms with E-state index in [2.05, 4.69) is 10.2 Å². The first kappa shape index (κ1) is 26.5. The molecule has 2 N–H and O–H groups in total. The van der Waals surface area contributed by atoms with Gasteiger partial charge in [0.2, 0.25) is 11.8 Å². The number of para-hydroxylation sites is 1. The number of aryl methyl sites for hydroxylation is 4. The summed E-state index contributed by atoms with van der Waals surface area (Å²) in [5.41, 5.74) is 9.90. The quantitative estimate of drug-likeness (QED) is 0.246. The largest absolute Gasteiger partial charge is 0.493 e. The Morgan fingerprint density at radius 3 is 1.57 bits per heavy atom. The Balaban J connectivity index is 0.000000161. The third-order valence-electron chi connectivity index (χ3n) is 6.67. The van der Waals surface area contributed by atoms with E-state index in [1.807, 2.05) is 125 Å². The zero-order valence-corrected chi connectivity index (χ0v) is 23.1. The Bertz CT molecular complexity index is 1750. The van der Waals surface area contributed by atoms with E-state index in [0.717, 1.165) is 45.0 Å². The van der Waals surface area contributed by atoms with Gasteiger partial charge in [-0.05, 0) is 57.0 Å². The Morgan fingerprint density at radius 1 is 0.500 bits per heavy atom. The highest BCUT2D eigenvalue weighted by Crippen LogP contribution is 2.27. The standard InChI is InChI=1S/2C17H16N2O/c1-12-6-8-14(9-7-12)16-11-17(20)19(18-16)15-5-3-4-13(2)10-15;1-12-7-9-14(10-8-12)15-11-17(20)19(18-15)16-6-4-3-5-13(16)2/h2*3-11,20H,1-2H3. The minimum Gasteiger partial charge on any atom is -0.493 e. The summed E-state index contributed by atoms with van der Waals surface area (Å²) in [6, 6.07) is 35.3. The Kier molecular flexibility index (Phi) is 7.51. The number of aromatic nitrogens is 4. The molecule has 0 aliphatic rings. The minimum atomic E-state index is 0.145. The summed E-state index contributed by atoms with van der Waals surface area (Å²) < 4.78 is 3.13. The summed E-state index contributed by atoms with van der Waals surface area (Å²) in [5, 5.41) is 29.2. The molecule has 0 spiro atoms. The zero-order valence-electron chi connectivity index (χ0n) is 23.1. The average molecular weight is 529 g/mol. The highest BCUT2D eigenvalue weighted by atomic mass is 16.3. The van der Waals surface area contributed by atoms with Crippen LogP contribution in [0.1, 0.15) is 22.3 Å². The fraction of sp³-hybridized carbons (Fsp3) is 0.118. The molecule has 0 atom stereocenters. The summed E-state index contributed by atoms with van der Waals surface area (Å²) >= 11 is 0. The number of hydrogen-bond acceptors (Lipinski definition) is 4. The van der Waals surface area contributed by atoms with E-state index in [0.29, 0.717) is 0 Å². The van der Waals surface area contributed by atoms with Gasteiger partial charge < -0.3 is 10.2 Å². The van der Waals surface area contributed by atoms with Crippen LogP contribution in [0.5, 0.6) is 11.8 Å². The lowest BCUT2D eigenvalue weighted by molar-refractivity contribution is 0.433. The van der Waals surface area contributed by atoms with E-state index in [1.54, 1.807) is 21.5 Å². The minimum absolute atomic E-state index is 0.145. The molecule has 200 valence electrons. The molecule has 6 nitrogen and oxygen atoms in total. The average Bonchev–Trinajstić information content (AvgIpc) is 3.53. The highest BCUT2D eigenvalue weighted by Gasteiger charge is 2.12. The summed E-state index contributed by atoms with van der Waals surface area (Å²) in [6.45, 7) is 8.12. The van der Waals surface area contributed by atoms with Crippen molar-refractivity contribution in [3.8, 4) is 45.6 Å². The van der Waals surface area contributed by atoms with Crippen LogP contribution in [0.25, 0.3) is 33.9 Å². The molecule has 0 unspecified atom stereocenters. The first-order valence-electron chi connectivity index (χ1n) is 13.1. The summed E-state index contributed by atoms with van der Waals surface area (Å²) in [7, 11) is 0.